The van der Waals surface area contributed by atoms with Crippen LogP contribution in [0.15, 0.2) is 18.2 Å². The standard InChI is InChI=1S/C18H23FN2O6/c19-16-2-1-12(17(24)20-3-5-26-10-13(22)8-20)7-15(16)18(25)21-4-6-27-11-14(23)9-21/h1-2,7,13-14,22-23H,3-6,8-11H2. The third-order valence-electron chi connectivity index (χ3n) is 4.51. The average molecular weight is 382 g/mol. The van der Waals surface area contributed by atoms with Gasteiger partial charge in [-0.05, 0) is 18.2 Å². The van der Waals surface area contributed by atoms with Crippen molar-refractivity contribution in [3.05, 3.63) is 35.1 Å². The fourth-order valence-electron chi connectivity index (χ4n) is 3.13. The molecule has 0 bridgehead atoms. The second-order valence-electron chi connectivity index (χ2n) is 6.65. The van der Waals surface area contributed by atoms with Crippen molar-refractivity contribution in [2.24, 2.45) is 0 Å². The van der Waals surface area contributed by atoms with Crippen LogP contribution < -0.4 is 0 Å². The van der Waals surface area contributed by atoms with Gasteiger partial charge in [-0.15, -0.1) is 0 Å². The highest BCUT2D eigenvalue weighted by atomic mass is 19.1. The molecular formula is C18H23FN2O6. The van der Waals surface area contributed by atoms with Crippen LogP contribution in [0.4, 0.5) is 4.39 Å². The number of aliphatic hydroxyl groups is 2. The minimum absolute atomic E-state index is 0.0338. The van der Waals surface area contributed by atoms with Gasteiger partial charge in [-0.3, -0.25) is 9.59 Å². The van der Waals surface area contributed by atoms with Gasteiger partial charge >= 0.3 is 0 Å². The number of carbonyl (C=O) groups is 2. The van der Waals surface area contributed by atoms with Crippen molar-refractivity contribution in [1.29, 1.82) is 0 Å². The molecule has 27 heavy (non-hydrogen) atoms. The molecule has 2 aliphatic heterocycles. The minimum atomic E-state index is -0.845. The molecule has 2 amide bonds. The molecule has 0 saturated carbocycles. The molecule has 2 unspecified atom stereocenters. The number of carbonyl (C=O) groups excluding carboxylic acids is 2. The number of halogens is 1. The first-order valence-electron chi connectivity index (χ1n) is 8.85. The summed E-state index contributed by atoms with van der Waals surface area (Å²) in [6.07, 6.45) is -1.64. The summed E-state index contributed by atoms with van der Waals surface area (Å²) < 4.78 is 24.7. The Hall–Kier alpha value is -2.07. The maximum Gasteiger partial charge on any atom is 0.257 e. The van der Waals surface area contributed by atoms with Crippen LogP contribution in [0.5, 0.6) is 0 Å². The van der Waals surface area contributed by atoms with E-state index in [1.165, 1.54) is 21.9 Å². The lowest BCUT2D eigenvalue weighted by atomic mass is 10.1. The van der Waals surface area contributed by atoms with Crippen molar-refractivity contribution in [1.82, 2.24) is 9.80 Å². The minimum Gasteiger partial charge on any atom is -0.389 e. The maximum atomic E-state index is 14.3. The molecule has 2 aliphatic rings. The Balaban J connectivity index is 1.81. The van der Waals surface area contributed by atoms with Gasteiger partial charge < -0.3 is 29.5 Å². The SMILES string of the molecule is O=C(c1ccc(F)c(C(=O)N2CCOCC(O)C2)c1)N1CCOCC(O)C1. The molecule has 2 saturated heterocycles. The van der Waals surface area contributed by atoms with Crippen molar-refractivity contribution in [2.75, 3.05) is 52.6 Å². The first-order valence-corrected chi connectivity index (χ1v) is 8.85. The van der Waals surface area contributed by atoms with Gasteiger partial charge in [-0.25, -0.2) is 4.39 Å². The van der Waals surface area contributed by atoms with E-state index in [0.717, 1.165) is 6.07 Å². The maximum absolute atomic E-state index is 14.3. The van der Waals surface area contributed by atoms with Crippen molar-refractivity contribution >= 4 is 11.8 Å². The summed E-state index contributed by atoms with van der Waals surface area (Å²) in [6.45, 7) is 1.47. The highest BCUT2D eigenvalue weighted by Gasteiger charge is 2.27. The largest absolute Gasteiger partial charge is 0.389 e. The third kappa shape index (κ3) is 4.81. The van der Waals surface area contributed by atoms with Crippen molar-refractivity contribution in [2.45, 2.75) is 12.2 Å². The van der Waals surface area contributed by atoms with Crippen LogP contribution in [0.1, 0.15) is 20.7 Å². The summed E-state index contributed by atoms with van der Waals surface area (Å²) in [5.41, 5.74) is -0.0814. The summed E-state index contributed by atoms with van der Waals surface area (Å²) in [4.78, 5) is 28.2. The van der Waals surface area contributed by atoms with Crippen molar-refractivity contribution < 1.29 is 33.7 Å². The first-order chi connectivity index (χ1) is 13.0. The molecule has 0 aliphatic carbocycles. The number of aliphatic hydroxyl groups excluding tert-OH is 2. The number of ether oxygens (including phenoxy) is 2. The summed E-state index contributed by atoms with van der Waals surface area (Å²) in [6, 6.07) is 3.61. The number of hydrogen-bond donors (Lipinski definition) is 2. The van der Waals surface area contributed by atoms with Crippen LogP contribution in [0, 0.1) is 5.82 Å². The van der Waals surface area contributed by atoms with Crippen LogP contribution in [0.25, 0.3) is 0 Å². The summed E-state index contributed by atoms with van der Waals surface area (Å²) in [5, 5.41) is 19.6. The lowest BCUT2D eigenvalue weighted by Crippen LogP contribution is -2.39. The zero-order valence-electron chi connectivity index (χ0n) is 14.8. The van der Waals surface area contributed by atoms with E-state index < -0.39 is 29.8 Å². The van der Waals surface area contributed by atoms with E-state index in [9.17, 15) is 24.2 Å². The molecular weight excluding hydrogens is 359 g/mol. The molecule has 8 nitrogen and oxygen atoms in total. The van der Waals surface area contributed by atoms with Gasteiger partial charge in [0.05, 0.1) is 44.2 Å². The second kappa shape index (κ2) is 8.75. The van der Waals surface area contributed by atoms with Crippen LogP contribution in [0.2, 0.25) is 0 Å². The topological polar surface area (TPSA) is 99.5 Å². The van der Waals surface area contributed by atoms with E-state index in [1.807, 2.05) is 0 Å². The van der Waals surface area contributed by atoms with Gasteiger partial charge in [0, 0.05) is 31.7 Å². The van der Waals surface area contributed by atoms with E-state index in [1.54, 1.807) is 0 Å². The number of amides is 2. The Morgan fingerprint density at radius 1 is 0.963 bits per heavy atom. The zero-order chi connectivity index (χ0) is 19.4. The molecule has 1 aromatic carbocycles. The van der Waals surface area contributed by atoms with Crippen molar-refractivity contribution in [3.63, 3.8) is 0 Å². The fraction of sp³-hybridized carbons (Fsp3) is 0.556. The Kier molecular flexibility index (Phi) is 6.38. The Bertz CT molecular complexity index is 700. The van der Waals surface area contributed by atoms with Gasteiger partial charge in [-0.2, -0.15) is 0 Å². The summed E-state index contributed by atoms with van der Waals surface area (Å²) >= 11 is 0. The Morgan fingerprint density at radius 2 is 1.52 bits per heavy atom. The van der Waals surface area contributed by atoms with Gasteiger partial charge in [-0.1, -0.05) is 0 Å². The molecule has 2 atom stereocenters. The van der Waals surface area contributed by atoms with Gasteiger partial charge in [0.15, 0.2) is 0 Å². The molecule has 148 valence electrons. The number of hydrogen-bond acceptors (Lipinski definition) is 6. The van der Waals surface area contributed by atoms with E-state index in [2.05, 4.69) is 0 Å². The zero-order valence-corrected chi connectivity index (χ0v) is 14.8. The number of nitrogens with zero attached hydrogens (tertiary/aromatic N) is 2. The smallest absolute Gasteiger partial charge is 0.257 e. The number of benzene rings is 1. The lowest BCUT2D eigenvalue weighted by Gasteiger charge is -2.23. The van der Waals surface area contributed by atoms with Crippen LogP contribution in [-0.4, -0.2) is 96.6 Å². The molecule has 0 spiro atoms. The predicted octanol–water partition coefficient (Wildman–Crippen LogP) is -0.508. The monoisotopic (exact) mass is 382 g/mol. The number of β-amino-alcohol motifs (C(OH)–C–C–N with tert-alkyl or cyclic N) is 2. The fourth-order valence-corrected chi connectivity index (χ4v) is 3.13. The predicted molar refractivity (Wildman–Crippen MR) is 91.9 cm³/mol. The molecule has 0 aromatic heterocycles. The second-order valence-corrected chi connectivity index (χ2v) is 6.65. The molecule has 2 heterocycles. The van der Waals surface area contributed by atoms with E-state index in [-0.39, 0.29) is 50.6 Å². The molecule has 3 rings (SSSR count). The van der Waals surface area contributed by atoms with Crippen LogP contribution in [-0.2, 0) is 9.47 Å². The molecule has 9 heteroatoms. The van der Waals surface area contributed by atoms with Crippen LogP contribution >= 0.6 is 0 Å². The normalized spacial score (nSPS) is 24.3. The molecule has 1 aromatic rings. The van der Waals surface area contributed by atoms with E-state index >= 15 is 0 Å². The summed E-state index contributed by atoms with van der Waals surface area (Å²) in [5.74, 6) is -1.76. The highest BCUT2D eigenvalue weighted by Crippen LogP contribution is 2.17. The number of rotatable bonds is 2. The van der Waals surface area contributed by atoms with E-state index in [4.69, 9.17) is 9.47 Å². The highest BCUT2D eigenvalue weighted by molar-refractivity contribution is 6.00. The van der Waals surface area contributed by atoms with Gasteiger partial charge in [0.25, 0.3) is 11.8 Å². The first kappa shape index (κ1) is 19.7. The lowest BCUT2D eigenvalue weighted by molar-refractivity contribution is 0.0531. The molecule has 0 radical (unpaired) electrons. The molecule has 2 fully saturated rings. The molecule has 2 N–H and O–H groups in total. The quantitative estimate of drug-likeness (QED) is 0.715. The third-order valence-corrected chi connectivity index (χ3v) is 4.51. The van der Waals surface area contributed by atoms with Gasteiger partial charge in [0.2, 0.25) is 0 Å². The van der Waals surface area contributed by atoms with Gasteiger partial charge in [0.1, 0.15) is 5.82 Å². The Labute approximate surface area is 156 Å². The average Bonchev–Trinajstić information content (AvgIpc) is 3.00. The van der Waals surface area contributed by atoms with Crippen molar-refractivity contribution in [3.8, 4) is 0 Å². The summed E-state index contributed by atoms with van der Waals surface area (Å²) in [7, 11) is 0. The Morgan fingerprint density at radius 3 is 2.11 bits per heavy atom. The van der Waals surface area contributed by atoms with E-state index in [0.29, 0.717) is 13.2 Å². The van der Waals surface area contributed by atoms with Crippen LogP contribution in [0.3, 0.4) is 0 Å².